The second kappa shape index (κ2) is 3.06. The lowest BCUT2D eigenvalue weighted by Gasteiger charge is -2.25. The monoisotopic (exact) mass is 147 g/mol. The summed E-state index contributed by atoms with van der Waals surface area (Å²) in [7, 11) is 0. The molecule has 1 rings (SSSR count). The van der Waals surface area contributed by atoms with Crippen molar-refractivity contribution in [1.29, 1.82) is 0 Å². The van der Waals surface area contributed by atoms with Gasteiger partial charge in [-0.15, -0.1) is 11.6 Å². The van der Waals surface area contributed by atoms with E-state index < -0.39 is 0 Å². The molecule has 0 radical (unpaired) electrons. The van der Waals surface area contributed by atoms with Crippen LogP contribution in [0.25, 0.3) is 0 Å². The van der Waals surface area contributed by atoms with Crippen LogP contribution < -0.4 is 0 Å². The molecule has 0 aliphatic carbocycles. The molecular weight excluding hydrogens is 138 g/mol. The lowest BCUT2D eigenvalue weighted by molar-refractivity contribution is -0.118. The molecule has 52 valence electrons. The molecule has 1 aliphatic heterocycles. The van der Waals surface area contributed by atoms with E-state index in [9.17, 15) is 4.79 Å². The number of nitrogens with zero attached hydrogens (tertiary/aromatic N) is 1. The molecule has 0 bridgehead atoms. The Bertz CT molecular complexity index is 99.2. The number of hydrogen-bond donors (Lipinski definition) is 0. The van der Waals surface area contributed by atoms with Gasteiger partial charge in [-0.25, -0.2) is 0 Å². The van der Waals surface area contributed by atoms with Gasteiger partial charge in [0.15, 0.2) is 0 Å². The van der Waals surface area contributed by atoms with Crippen molar-refractivity contribution in [2.75, 3.05) is 13.1 Å². The minimum absolute atomic E-state index is 0.293. The Kier molecular flexibility index (Phi) is 2.34. The van der Waals surface area contributed by atoms with Gasteiger partial charge in [0.25, 0.3) is 0 Å². The number of amides is 1. The summed E-state index contributed by atoms with van der Waals surface area (Å²) in [5.74, 6) is 0. The van der Waals surface area contributed by atoms with Gasteiger partial charge in [0.05, 0.1) is 0 Å². The molecule has 0 aromatic rings. The predicted molar refractivity (Wildman–Crippen MR) is 36.5 cm³/mol. The maximum absolute atomic E-state index is 10.1. The van der Waals surface area contributed by atoms with Crippen molar-refractivity contribution >= 4 is 18.0 Å². The summed E-state index contributed by atoms with van der Waals surface area (Å²) in [6, 6.07) is 0. The van der Waals surface area contributed by atoms with Crippen molar-refractivity contribution in [3.63, 3.8) is 0 Å². The van der Waals surface area contributed by atoms with Gasteiger partial charge in [-0.1, -0.05) is 0 Å². The largest absolute Gasteiger partial charge is 0.345 e. The minimum Gasteiger partial charge on any atom is -0.345 e. The summed E-state index contributed by atoms with van der Waals surface area (Å²) in [5.41, 5.74) is 0. The van der Waals surface area contributed by atoms with Gasteiger partial charge in [0, 0.05) is 18.5 Å². The van der Waals surface area contributed by atoms with Gasteiger partial charge in [-0.2, -0.15) is 0 Å². The first kappa shape index (κ1) is 6.87. The molecule has 0 unspecified atom stereocenters. The number of rotatable bonds is 1. The molecular formula is C6H10ClNO. The van der Waals surface area contributed by atoms with Crippen molar-refractivity contribution in [2.24, 2.45) is 0 Å². The lowest BCUT2D eigenvalue weighted by Crippen LogP contribution is -2.32. The van der Waals surface area contributed by atoms with Gasteiger partial charge < -0.3 is 4.90 Å². The van der Waals surface area contributed by atoms with E-state index in [1.54, 1.807) is 4.90 Å². The van der Waals surface area contributed by atoms with Crippen LogP contribution in [0.4, 0.5) is 0 Å². The first-order valence-corrected chi connectivity index (χ1v) is 3.60. The SMILES string of the molecule is O=CN1CCC(Cl)CC1. The van der Waals surface area contributed by atoms with Crippen LogP contribution >= 0.6 is 11.6 Å². The standard InChI is InChI=1S/C6H10ClNO/c7-6-1-3-8(5-9)4-2-6/h5-6H,1-4H2. The van der Waals surface area contributed by atoms with E-state index in [0.29, 0.717) is 5.38 Å². The van der Waals surface area contributed by atoms with Gasteiger partial charge in [0.1, 0.15) is 0 Å². The van der Waals surface area contributed by atoms with Crippen LogP contribution in [-0.4, -0.2) is 29.8 Å². The maximum atomic E-state index is 10.1. The van der Waals surface area contributed by atoms with Crippen molar-refractivity contribution in [2.45, 2.75) is 18.2 Å². The number of carbonyl (C=O) groups excluding carboxylic acids is 1. The minimum atomic E-state index is 0.293. The summed E-state index contributed by atoms with van der Waals surface area (Å²) in [4.78, 5) is 11.9. The van der Waals surface area contributed by atoms with Crippen molar-refractivity contribution in [1.82, 2.24) is 4.90 Å². The topological polar surface area (TPSA) is 20.3 Å². The molecule has 0 aromatic carbocycles. The summed E-state index contributed by atoms with van der Waals surface area (Å²) in [6.45, 7) is 1.66. The summed E-state index contributed by atoms with van der Waals surface area (Å²) >= 11 is 5.80. The van der Waals surface area contributed by atoms with Crippen molar-refractivity contribution in [3.8, 4) is 0 Å². The quantitative estimate of drug-likeness (QED) is 0.398. The first-order chi connectivity index (χ1) is 4.33. The normalized spacial score (nSPS) is 22.1. The fraction of sp³-hybridized carbons (Fsp3) is 0.833. The van der Waals surface area contributed by atoms with Crippen LogP contribution in [0.1, 0.15) is 12.8 Å². The first-order valence-electron chi connectivity index (χ1n) is 3.16. The van der Waals surface area contributed by atoms with Gasteiger partial charge in [0.2, 0.25) is 6.41 Å². The molecule has 1 amide bonds. The van der Waals surface area contributed by atoms with Crippen molar-refractivity contribution in [3.05, 3.63) is 0 Å². The Morgan fingerprint density at radius 1 is 1.44 bits per heavy atom. The Morgan fingerprint density at radius 3 is 2.44 bits per heavy atom. The molecule has 1 heterocycles. The smallest absolute Gasteiger partial charge is 0.209 e. The molecule has 0 saturated carbocycles. The van der Waals surface area contributed by atoms with Crippen LogP contribution in [-0.2, 0) is 4.79 Å². The molecule has 1 aliphatic rings. The third kappa shape index (κ3) is 1.86. The summed E-state index contributed by atoms with van der Waals surface area (Å²) < 4.78 is 0. The second-order valence-corrected chi connectivity index (χ2v) is 2.93. The zero-order valence-electron chi connectivity index (χ0n) is 5.22. The van der Waals surface area contributed by atoms with E-state index in [0.717, 1.165) is 32.3 Å². The number of hydrogen-bond acceptors (Lipinski definition) is 1. The lowest BCUT2D eigenvalue weighted by atomic mass is 10.1. The van der Waals surface area contributed by atoms with E-state index >= 15 is 0 Å². The Hall–Kier alpha value is -0.240. The zero-order chi connectivity index (χ0) is 6.69. The third-order valence-corrected chi connectivity index (χ3v) is 2.04. The average Bonchev–Trinajstić information content (AvgIpc) is 1.90. The molecule has 0 atom stereocenters. The van der Waals surface area contributed by atoms with Crippen LogP contribution in [0.5, 0.6) is 0 Å². The third-order valence-electron chi connectivity index (χ3n) is 1.61. The highest BCUT2D eigenvalue weighted by Gasteiger charge is 2.14. The number of alkyl halides is 1. The molecule has 9 heavy (non-hydrogen) atoms. The second-order valence-electron chi connectivity index (χ2n) is 2.32. The maximum Gasteiger partial charge on any atom is 0.209 e. The highest BCUT2D eigenvalue weighted by molar-refractivity contribution is 6.20. The van der Waals surface area contributed by atoms with Crippen LogP contribution in [0.15, 0.2) is 0 Å². The van der Waals surface area contributed by atoms with E-state index in [1.165, 1.54) is 0 Å². The summed E-state index contributed by atoms with van der Waals surface area (Å²) in [5, 5.41) is 0.293. The molecule has 1 saturated heterocycles. The number of piperidine rings is 1. The Labute approximate surface area is 59.8 Å². The molecule has 1 fully saturated rings. The van der Waals surface area contributed by atoms with E-state index in [4.69, 9.17) is 11.6 Å². The zero-order valence-corrected chi connectivity index (χ0v) is 5.97. The molecule has 0 aromatic heterocycles. The predicted octanol–water partition coefficient (Wildman–Crippen LogP) is 0.846. The van der Waals surface area contributed by atoms with E-state index in [2.05, 4.69) is 0 Å². The molecule has 0 N–H and O–H groups in total. The van der Waals surface area contributed by atoms with Crippen LogP contribution in [0.3, 0.4) is 0 Å². The van der Waals surface area contributed by atoms with E-state index in [1.807, 2.05) is 0 Å². The molecule has 3 heteroatoms. The van der Waals surface area contributed by atoms with Gasteiger partial charge >= 0.3 is 0 Å². The summed E-state index contributed by atoms with van der Waals surface area (Å²) in [6.07, 6.45) is 2.78. The van der Waals surface area contributed by atoms with Crippen molar-refractivity contribution < 1.29 is 4.79 Å². The van der Waals surface area contributed by atoms with E-state index in [-0.39, 0.29) is 0 Å². The highest BCUT2D eigenvalue weighted by atomic mass is 35.5. The number of likely N-dealkylation sites (tertiary alicyclic amines) is 1. The Balaban J connectivity index is 2.26. The highest BCUT2D eigenvalue weighted by Crippen LogP contribution is 2.13. The fourth-order valence-electron chi connectivity index (χ4n) is 0.973. The van der Waals surface area contributed by atoms with Gasteiger partial charge in [-0.05, 0) is 12.8 Å². The van der Waals surface area contributed by atoms with Crippen LogP contribution in [0, 0.1) is 0 Å². The average molecular weight is 148 g/mol. The molecule has 2 nitrogen and oxygen atoms in total. The van der Waals surface area contributed by atoms with Crippen LogP contribution in [0.2, 0.25) is 0 Å². The Morgan fingerprint density at radius 2 is 2.00 bits per heavy atom. The fourth-order valence-corrected chi connectivity index (χ4v) is 1.17. The molecule has 0 spiro atoms. The number of halogens is 1. The number of carbonyl (C=O) groups is 1. The van der Waals surface area contributed by atoms with Gasteiger partial charge in [-0.3, -0.25) is 4.79 Å².